The van der Waals surface area contributed by atoms with Crippen LogP contribution in [0.3, 0.4) is 0 Å². The molecule has 0 amide bonds. The summed E-state index contributed by atoms with van der Waals surface area (Å²) >= 11 is 11.1. The summed E-state index contributed by atoms with van der Waals surface area (Å²) in [6.07, 6.45) is 20.7. The van der Waals surface area contributed by atoms with Crippen LogP contribution in [0.5, 0.6) is 0 Å². The molecule has 0 atom stereocenters. The van der Waals surface area contributed by atoms with Crippen molar-refractivity contribution in [2.24, 2.45) is 0 Å². The third-order valence-electron chi connectivity index (χ3n) is 5.91. The highest BCUT2D eigenvalue weighted by molar-refractivity contribution is 8.43. The van der Waals surface area contributed by atoms with Crippen LogP contribution in [0.1, 0.15) is 110 Å². The van der Waals surface area contributed by atoms with Gasteiger partial charge < -0.3 is 4.74 Å². The van der Waals surface area contributed by atoms with Crippen LogP contribution in [0.4, 0.5) is 0 Å². The van der Waals surface area contributed by atoms with Crippen LogP contribution in [0.2, 0.25) is 0 Å². The van der Waals surface area contributed by atoms with Crippen LogP contribution in [-0.4, -0.2) is 17.5 Å². The quantitative estimate of drug-likeness (QED) is 0.125. The van der Waals surface area contributed by atoms with Crippen molar-refractivity contribution in [2.75, 3.05) is 11.5 Å². The van der Waals surface area contributed by atoms with E-state index in [1.54, 1.807) is 23.5 Å². The van der Waals surface area contributed by atoms with E-state index in [1.165, 1.54) is 112 Å². The predicted octanol–water partition coefficient (Wildman–Crippen LogP) is 11.3. The molecule has 0 bridgehead atoms. The number of hydrogen-bond donors (Lipinski definition) is 0. The van der Waals surface area contributed by atoms with Gasteiger partial charge in [0.15, 0.2) is 5.09 Å². The first-order chi connectivity index (χ1) is 16.8. The largest absolute Gasteiger partial charge is 0.418 e. The summed E-state index contributed by atoms with van der Waals surface area (Å²) in [4.78, 5) is 12.2. The number of ether oxygens (including phenoxy) is 1. The van der Waals surface area contributed by atoms with E-state index in [1.807, 2.05) is 52.5 Å². The van der Waals surface area contributed by atoms with Crippen LogP contribution < -0.4 is 0 Å². The zero-order valence-electron chi connectivity index (χ0n) is 20.6. The molecule has 0 fully saturated rings. The molecule has 0 N–H and O–H groups in total. The van der Waals surface area contributed by atoms with Gasteiger partial charge in [0.1, 0.15) is 0 Å². The van der Waals surface area contributed by atoms with Crippen molar-refractivity contribution in [3.05, 3.63) is 27.4 Å². The van der Waals surface area contributed by atoms with Gasteiger partial charge in [0.05, 0.1) is 16.9 Å². The van der Waals surface area contributed by atoms with Crippen LogP contribution in [0.15, 0.2) is 27.4 Å². The summed E-state index contributed by atoms with van der Waals surface area (Å²) in [7, 11) is 0. The zero-order valence-corrected chi connectivity index (χ0v) is 25.5. The molecule has 0 aliphatic carbocycles. The molecular formula is C26H40O2S6. The second-order valence-corrected chi connectivity index (χ2v) is 16.1. The summed E-state index contributed by atoms with van der Waals surface area (Å²) in [5.41, 5.74) is 0. The highest BCUT2D eigenvalue weighted by atomic mass is 32.3. The highest BCUT2D eigenvalue weighted by Gasteiger charge is 2.30. The number of thioether (sulfide) groups is 6. The molecule has 8 heteroatoms. The topological polar surface area (TPSA) is 26.3 Å². The molecule has 0 aromatic rings. The summed E-state index contributed by atoms with van der Waals surface area (Å²) in [6.45, 7) is 2.28. The van der Waals surface area contributed by atoms with Gasteiger partial charge in [-0.1, -0.05) is 132 Å². The Hall–Kier alpha value is 0.790. The van der Waals surface area contributed by atoms with Gasteiger partial charge in [-0.05, 0) is 18.2 Å². The van der Waals surface area contributed by atoms with E-state index in [-0.39, 0.29) is 5.97 Å². The SMILES string of the molecule is CCCCCCCCCCCCCCCCCC(=O)OC1=CSC(=C2SC3=C(SCCS3)S2)S1. The normalized spacial score (nSPS) is 18.0. The second kappa shape index (κ2) is 18.1. The number of carbonyl (C=O) groups is 1. The molecule has 3 aliphatic rings. The van der Waals surface area contributed by atoms with E-state index in [0.29, 0.717) is 6.42 Å². The van der Waals surface area contributed by atoms with Gasteiger partial charge in [-0.15, -0.1) is 23.5 Å². The minimum atomic E-state index is -0.0736. The molecule has 192 valence electrons. The first kappa shape index (κ1) is 29.3. The summed E-state index contributed by atoms with van der Waals surface area (Å²) in [5.74, 6) is 2.34. The lowest BCUT2D eigenvalue weighted by Gasteiger charge is -2.08. The first-order valence-corrected chi connectivity index (χ1v) is 18.4. The van der Waals surface area contributed by atoms with Crippen molar-refractivity contribution in [3.63, 3.8) is 0 Å². The van der Waals surface area contributed by atoms with E-state index in [2.05, 4.69) is 6.92 Å². The van der Waals surface area contributed by atoms with E-state index >= 15 is 0 Å². The third kappa shape index (κ3) is 11.5. The number of hydrogen-bond acceptors (Lipinski definition) is 8. The molecule has 3 heterocycles. The smallest absolute Gasteiger partial charge is 0.311 e. The van der Waals surface area contributed by atoms with Gasteiger partial charge in [0.2, 0.25) is 0 Å². The second-order valence-electron chi connectivity index (χ2n) is 8.88. The molecule has 0 unspecified atom stereocenters. The van der Waals surface area contributed by atoms with Gasteiger partial charge in [0, 0.05) is 23.3 Å². The zero-order chi connectivity index (χ0) is 23.8. The molecule has 0 saturated carbocycles. The van der Waals surface area contributed by atoms with E-state index in [9.17, 15) is 4.79 Å². The van der Waals surface area contributed by atoms with Crippen molar-refractivity contribution in [3.8, 4) is 0 Å². The molecule has 0 spiro atoms. The van der Waals surface area contributed by atoms with Crippen molar-refractivity contribution in [2.45, 2.75) is 110 Å². The van der Waals surface area contributed by atoms with Gasteiger partial charge in [-0.25, -0.2) is 0 Å². The molecular weight excluding hydrogens is 537 g/mol. The standard InChI is InChI=1S/C26H40O2S6/c1-2-3-4-5-6-7-8-9-10-11-12-13-14-15-16-17-21(27)28-22-20-31-25(32-22)26-33-23-24(34-26)30-19-18-29-23/h20H,2-19H2,1H3. The Morgan fingerprint density at radius 2 is 1.18 bits per heavy atom. The fourth-order valence-corrected chi connectivity index (χ4v) is 12.3. The Morgan fingerprint density at radius 1 is 0.676 bits per heavy atom. The number of rotatable bonds is 17. The van der Waals surface area contributed by atoms with E-state index in [4.69, 9.17) is 4.74 Å². The Bertz CT molecular complexity index is 711. The Kier molecular flexibility index (Phi) is 15.6. The van der Waals surface area contributed by atoms with Gasteiger partial charge in [0.25, 0.3) is 0 Å². The minimum Gasteiger partial charge on any atom is -0.418 e. The molecule has 0 aromatic carbocycles. The van der Waals surface area contributed by atoms with Crippen LogP contribution in [-0.2, 0) is 9.53 Å². The summed E-state index contributed by atoms with van der Waals surface area (Å²) in [6, 6.07) is 0. The van der Waals surface area contributed by atoms with Crippen molar-refractivity contribution in [1.29, 1.82) is 0 Å². The molecule has 3 aliphatic heterocycles. The molecule has 0 radical (unpaired) electrons. The minimum absolute atomic E-state index is 0.0736. The maximum atomic E-state index is 12.2. The summed E-state index contributed by atoms with van der Waals surface area (Å²) < 4.78 is 11.2. The monoisotopic (exact) mass is 576 g/mol. The van der Waals surface area contributed by atoms with Crippen molar-refractivity contribution < 1.29 is 9.53 Å². The van der Waals surface area contributed by atoms with Gasteiger partial charge >= 0.3 is 5.97 Å². The Morgan fingerprint density at radius 3 is 1.71 bits per heavy atom. The molecule has 2 nitrogen and oxygen atoms in total. The number of esters is 1. The van der Waals surface area contributed by atoms with Crippen molar-refractivity contribution >= 4 is 76.5 Å². The lowest BCUT2D eigenvalue weighted by atomic mass is 10.0. The summed E-state index contributed by atoms with van der Waals surface area (Å²) in [5, 5.41) is 2.75. The van der Waals surface area contributed by atoms with Gasteiger partial charge in [-0.2, -0.15) is 0 Å². The van der Waals surface area contributed by atoms with E-state index in [0.717, 1.165) is 17.9 Å². The van der Waals surface area contributed by atoms with Crippen LogP contribution in [0.25, 0.3) is 0 Å². The molecule has 0 saturated heterocycles. The maximum absolute atomic E-state index is 12.2. The van der Waals surface area contributed by atoms with Crippen molar-refractivity contribution in [1.82, 2.24) is 0 Å². The van der Waals surface area contributed by atoms with Gasteiger partial charge in [-0.3, -0.25) is 4.79 Å². The molecule has 0 aromatic heterocycles. The lowest BCUT2D eigenvalue weighted by Crippen LogP contribution is -2.01. The van der Waals surface area contributed by atoms with Crippen LogP contribution >= 0.6 is 70.6 Å². The van der Waals surface area contributed by atoms with Crippen LogP contribution in [0, 0.1) is 0 Å². The average molecular weight is 577 g/mol. The van der Waals surface area contributed by atoms with E-state index < -0.39 is 0 Å². The molecule has 3 rings (SSSR count). The highest BCUT2D eigenvalue weighted by Crippen LogP contribution is 2.63. The first-order valence-electron chi connectivity index (χ1n) is 13.1. The predicted molar refractivity (Wildman–Crippen MR) is 163 cm³/mol. The Labute approximate surface area is 233 Å². The average Bonchev–Trinajstić information content (AvgIpc) is 3.48. The maximum Gasteiger partial charge on any atom is 0.311 e. The lowest BCUT2D eigenvalue weighted by molar-refractivity contribution is -0.138. The number of unbranched alkanes of at least 4 members (excludes halogenated alkanes) is 14. The molecule has 34 heavy (non-hydrogen) atoms. The third-order valence-corrected chi connectivity index (χ3v) is 14.4. The fourth-order valence-electron chi connectivity index (χ4n) is 3.98. The Balaban J connectivity index is 1.12. The fraction of sp³-hybridized carbons (Fsp3) is 0.731. The number of carbonyl (C=O) groups excluding carboxylic acids is 1.